The van der Waals surface area contributed by atoms with Crippen molar-refractivity contribution in [3.63, 3.8) is 0 Å². The minimum Gasteiger partial charge on any atom is -0.347 e. The van der Waals surface area contributed by atoms with E-state index in [2.05, 4.69) is 31.0 Å². The third-order valence-corrected chi connectivity index (χ3v) is 8.37. The lowest BCUT2D eigenvalue weighted by molar-refractivity contribution is -0.136. The third-order valence-electron chi connectivity index (χ3n) is 8.37. The summed E-state index contributed by atoms with van der Waals surface area (Å²) in [6, 6.07) is 8.35. The van der Waals surface area contributed by atoms with Crippen LogP contribution < -0.4 is 5.32 Å². The number of carbonyl (C=O) groups is 2. The molecule has 0 radical (unpaired) electrons. The number of benzene rings is 2. The molecule has 2 fully saturated rings. The highest BCUT2D eigenvalue weighted by molar-refractivity contribution is 5.81. The van der Waals surface area contributed by atoms with Gasteiger partial charge in [0.15, 0.2) is 0 Å². The van der Waals surface area contributed by atoms with Crippen molar-refractivity contribution in [3.8, 4) is 0 Å². The van der Waals surface area contributed by atoms with Gasteiger partial charge in [0.1, 0.15) is 17.5 Å². The number of nitrogens with zero attached hydrogens (tertiary/aromatic N) is 2. The number of likely N-dealkylation sites (tertiary alicyclic amines) is 2. The molecule has 2 atom stereocenters. The van der Waals surface area contributed by atoms with Crippen molar-refractivity contribution in [3.05, 3.63) is 70.5 Å². The van der Waals surface area contributed by atoms with E-state index in [1.54, 1.807) is 6.07 Å². The van der Waals surface area contributed by atoms with Gasteiger partial charge in [-0.1, -0.05) is 12.1 Å². The van der Waals surface area contributed by atoms with Gasteiger partial charge in [-0.25, -0.2) is 13.2 Å². The molecule has 5 nitrogen and oxygen atoms in total. The molecular weight excluding hydrogens is 503 g/mol. The second-order valence-electron chi connectivity index (χ2n) is 12.6. The van der Waals surface area contributed by atoms with Crippen LogP contribution >= 0.6 is 0 Å². The zero-order chi connectivity index (χ0) is 28.7. The first-order valence-electron chi connectivity index (χ1n) is 13.7. The molecule has 0 aliphatic carbocycles. The van der Waals surface area contributed by atoms with Crippen molar-refractivity contribution in [2.75, 3.05) is 26.2 Å². The van der Waals surface area contributed by atoms with Gasteiger partial charge in [0.25, 0.3) is 0 Å². The molecule has 2 amide bonds. The molecule has 4 rings (SSSR count). The van der Waals surface area contributed by atoms with E-state index in [1.807, 2.05) is 18.7 Å². The van der Waals surface area contributed by atoms with Crippen LogP contribution in [-0.4, -0.2) is 53.3 Å². The summed E-state index contributed by atoms with van der Waals surface area (Å²) < 4.78 is 42.7. The summed E-state index contributed by atoms with van der Waals surface area (Å²) in [4.78, 5) is 29.7. The Balaban J connectivity index is 1.53. The normalized spacial score (nSPS) is 21.3. The van der Waals surface area contributed by atoms with Gasteiger partial charge in [0.2, 0.25) is 11.8 Å². The average molecular weight is 544 g/mol. The Morgan fingerprint density at radius 3 is 2.03 bits per heavy atom. The highest BCUT2D eigenvalue weighted by Gasteiger charge is 2.45. The molecule has 0 saturated carbocycles. The highest BCUT2D eigenvalue weighted by Crippen LogP contribution is 2.40. The zero-order valence-corrected chi connectivity index (χ0v) is 23.8. The van der Waals surface area contributed by atoms with Crippen LogP contribution in [0.1, 0.15) is 82.9 Å². The SMILES string of the molecule is CC(=O)NC(C)(C)c1cc(F)ccc1C1CCN(C(=O)C2CN(C(C)(C)C)C[C@H]2c2ccc(F)cc2F)CC1. The second-order valence-corrected chi connectivity index (χ2v) is 12.6. The van der Waals surface area contributed by atoms with Gasteiger partial charge < -0.3 is 10.2 Å². The summed E-state index contributed by atoms with van der Waals surface area (Å²) in [5.41, 5.74) is 1.16. The van der Waals surface area contributed by atoms with Crippen molar-refractivity contribution in [2.24, 2.45) is 5.92 Å². The number of halogens is 3. The number of hydrogen-bond donors (Lipinski definition) is 1. The number of carbonyl (C=O) groups excluding carboxylic acids is 2. The van der Waals surface area contributed by atoms with E-state index in [0.29, 0.717) is 44.6 Å². The monoisotopic (exact) mass is 543 g/mol. The van der Waals surface area contributed by atoms with Crippen LogP contribution in [0.2, 0.25) is 0 Å². The van der Waals surface area contributed by atoms with E-state index < -0.39 is 23.1 Å². The summed E-state index contributed by atoms with van der Waals surface area (Å²) in [6.07, 6.45) is 1.40. The summed E-state index contributed by atoms with van der Waals surface area (Å²) in [7, 11) is 0. The standard InChI is InChI=1S/C31H40F3N3O2/c1-19(38)35-31(5,6)27-15-21(32)7-9-23(27)20-11-13-36(14-12-20)29(39)26-18-37(30(2,3)4)17-25(26)24-10-8-22(33)16-28(24)34/h7-10,15-16,20,25-26H,11-14,17-18H2,1-6H3,(H,35,38)/t25-,26?/m0/s1. The fourth-order valence-corrected chi connectivity index (χ4v) is 6.30. The number of hydrogen-bond acceptors (Lipinski definition) is 3. The van der Waals surface area contributed by atoms with E-state index in [9.17, 15) is 22.8 Å². The molecule has 2 heterocycles. The minimum atomic E-state index is -0.747. The van der Waals surface area contributed by atoms with Crippen LogP contribution in [0.3, 0.4) is 0 Å². The molecule has 2 aromatic rings. The van der Waals surface area contributed by atoms with Gasteiger partial charge in [-0.05, 0) is 88.3 Å². The van der Waals surface area contributed by atoms with Gasteiger partial charge in [-0.3, -0.25) is 14.5 Å². The Hall–Kier alpha value is -2.87. The maximum absolute atomic E-state index is 14.8. The number of amides is 2. The van der Waals surface area contributed by atoms with Gasteiger partial charge >= 0.3 is 0 Å². The van der Waals surface area contributed by atoms with Crippen molar-refractivity contribution in [1.29, 1.82) is 0 Å². The molecule has 0 bridgehead atoms. The summed E-state index contributed by atoms with van der Waals surface area (Å²) in [5.74, 6) is -2.48. The van der Waals surface area contributed by atoms with Gasteiger partial charge in [0, 0.05) is 50.6 Å². The van der Waals surface area contributed by atoms with Crippen LogP contribution in [0.25, 0.3) is 0 Å². The third kappa shape index (κ3) is 6.32. The molecule has 212 valence electrons. The topological polar surface area (TPSA) is 52.7 Å². The molecular formula is C31H40F3N3O2. The maximum atomic E-state index is 14.8. The van der Waals surface area contributed by atoms with Crippen molar-refractivity contribution >= 4 is 11.8 Å². The molecule has 2 aliphatic heterocycles. The Labute approximate surface area is 229 Å². The Kier molecular flexibility index (Phi) is 8.18. The van der Waals surface area contributed by atoms with E-state index in [4.69, 9.17) is 0 Å². The molecule has 39 heavy (non-hydrogen) atoms. The Bertz CT molecular complexity index is 1230. The van der Waals surface area contributed by atoms with Crippen LogP contribution in [0, 0.1) is 23.4 Å². The summed E-state index contributed by atoms with van der Waals surface area (Å²) in [5, 5.41) is 2.92. The van der Waals surface area contributed by atoms with E-state index >= 15 is 0 Å². The molecule has 2 aliphatic rings. The Morgan fingerprint density at radius 1 is 0.872 bits per heavy atom. The van der Waals surface area contributed by atoms with Crippen molar-refractivity contribution in [2.45, 2.75) is 77.3 Å². The van der Waals surface area contributed by atoms with Crippen LogP contribution in [-0.2, 0) is 15.1 Å². The highest BCUT2D eigenvalue weighted by atomic mass is 19.1. The lowest BCUT2D eigenvalue weighted by Crippen LogP contribution is -2.45. The Morgan fingerprint density at radius 2 is 1.46 bits per heavy atom. The van der Waals surface area contributed by atoms with Crippen LogP contribution in [0.15, 0.2) is 36.4 Å². The molecule has 0 spiro atoms. The molecule has 1 unspecified atom stereocenters. The lowest BCUT2D eigenvalue weighted by Gasteiger charge is -2.37. The molecule has 2 aromatic carbocycles. The molecule has 8 heteroatoms. The predicted octanol–water partition coefficient (Wildman–Crippen LogP) is 5.70. The van der Waals surface area contributed by atoms with Gasteiger partial charge in [0.05, 0.1) is 11.5 Å². The van der Waals surface area contributed by atoms with E-state index in [1.165, 1.54) is 31.2 Å². The predicted molar refractivity (Wildman–Crippen MR) is 146 cm³/mol. The first kappa shape index (κ1) is 29.1. The number of nitrogens with one attached hydrogen (secondary N) is 1. The van der Waals surface area contributed by atoms with Gasteiger partial charge in [-0.2, -0.15) is 0 Å². The second kappa shape index (κ2) is 11.0. The minimum absolute atomic E-state index is 0.00756. The number of piperidine rings is 1. The van der Waals surface area contributed by atoms with Crippen LogP contribution in [0.5, 0.6) is 0 Å². The largest absolute Gasteiger partial charge is 0.347 e. The van der Waals surface area contributed by atoms with E-state index in [-0.39, 0.29) is 35.0 Å². The van der Waals surface area contributed by atoms with E-state index in [0.717, 1.165) is 17.2 Å². The van der Waals surface area contributed by atoms with Crippen LogP contribution in [0.4, 0.5) is 13.2 Å². The lowest BCUT2D eigenvalue weighted by atomic mass is 9.80. The smallest absolute Gasteiger partial charge is 0.227 e. The summed E-state index contributed by atoms with van der Waals surface area (Å²) in [6.45, 7) is 13.5. The van der Waals surface area contributed by atoms with Gasteiger partial charge in [-0.15, -0.1) is 0 Å². The molecule has 0 aromatic heterocycles. The number of rotatable bonds is 5. The van der Waals surface area contributed by atoms with Crippen molar-refractivity contribution in [1.82, 2.24) is 15.1 Å². The quantitative estimate of drug-likeness (QED) is 0.527. The first-order chi connectivity index (χ1) is 18.2. The summed E-state index contributed by atoms with van der Waals surface area (Å²) >= 11 is 0. The first-order valence-corrected chi connectivity index (χ1v) is 13.7. The zero-order valence-electron chi connectivity index (χ0n) is 23.8. The maximum Gasteiger partial charge on any atom is 0.227 e. The fourth-order valence-electron chi connectivity index (χ4n) is 6.30. The molecule has 1 N–H and O–H groups in total. The molecule has 2 saturated heterocycles. The fraction of sp³-hybridized carbons (Fsp3) is 0.548. The average Bonchev–Trinajstić information content (AvgIpc) is 3.29. The van der Waals surface area contributed by atoms with Crippen molar-refractivity contribution < 1.29 is 22.8 Å².